The lowest BCUT2D eigenvalue weighted by Crippen LogP contribution is -2.70. The molecule has 0 bridgehead atoms. The summed E-state index contributed by atoms with van der Waals surface area (Å²) in [5, 5.41) is 47.1. The van der Waals surface area contributed by atoms with E-state index in [1.165, 1.54) is 6.92 Å². The van der Waals surface area contributed by atoms with Crippen LogP contribution in [0.5, 0.6) is 0 Å². The van der Waals surface area contributed by atoms with E-state index in [0.717, 1.165) is 0 Å². The Bertz CT molecular complexity index is 410. The molecule has 1 saturated carbocycles. The van der Waals surface area contributed by atoms with E-state index in [-0.39, 0.29) is 0 Å². The van der Waals surface area contributed by atoms with Crippen LogP contribution in [0.1, 0.15) is 6.92 Å². The van der Waals surface area contributed by atoms with Crippen molar-refractivity contribution in [2.24, 2.45) is 5.92 Å². The summed E-state index contributed by atoms with van der Waals surface area (Å²) >= 11 is 0. The SMILES string of the molecule is CC(O[C@H]1OC2C(C(=O)O)[C@H](O)C(O)C21O)C(=O)O. The van der Waals surface area contributed by atoms with Gasteiger partial charge in [0.15, 0.2) is 18.0 Å². The highest BCUT2D eigenvalue weighted by molar-refractivity contribution is 5.73. The molecule has 0 aromatic heterocycles. The molecular formula is C10H14O9. The number of carboxylic acid groups (broad SMARTS) is 2. The Balaban J connectivity index is 2.16. The number of aliphatic hydroxyl groups excluding tert-OH is 2. The first kappa shape index (κ1) is 14.2. The molecular weight excluding hydrogens is 264 g/mol. The molecule has 0 aromatic carbocycles. The topological polar surface area (TPSA) is 154 Å². The van der Waals surface area contributed by atoms with Gasteiger partial charge in [0, 0.05) is 0 Å². The lowest BCUT2D eigenvalue weighted by molar-refractivity contribution is -0.391. The van der Waals surface area contributed by atoms with Gasteiger partial charge in [0.05, 0.1) is 6.10 Å². The lowest BCUT2D eigenvalue weighted by atomic mass is 9.88. The number of hydrogen-bond donors (Lipinski definition) is 5. The molecule has 2 fully saturated rings. The highest BCUT2D eigenvalue weighted by Crippen LogP contribution is 2.49. The molecule has 2 aliphatic rings. The molecule has 1 heterocycles. The van der Waals surface area contributed by atoms with E-state index < -0.39 is 54.2 Å². The Morgan fingerprint density at radius 2 is 1.89 bits per heavy atom. The van der Waals surface area contributed by atoms with Gasteiger partial charge < -0.3 is 35.0 Å². The summed E-state index contributed by atoms with van der Waals surface area (Å²) < 4.78 is 9.84. The number of carbonyl (C=O) groups is 2. The molecule has 1 aliphatic heterocycles. The first-order valence-electron chi connectivity index (χ1n) is 5.56. The molecule has 1 aliphatic carbocycles. The first-order valence-corrected chi connectivity index (χ1v) is 5.56. The van der Waals surface area contributed by atoms with Crippen molar-refractivity contribution in [3.8, 4) is 0 Å². The first-order chi connectivity index (χ1) is 8.71. The van der Waals surface area contributed by atoms with Crippen molar-refractivity contribution in [2.75, 3.05) is 0 Å². The van der Waals surface area contributed by atoms with E-state index >= 15 is 0 Å². The molecule has 1 saturated heterocycles. The molecule has 0 radical (unpaired) electrons. The monoisotopic (exact) mass is 278 g/mol. The Morgan fingerprint density at radius 3 is 2.37 bits per heavy atom. The lowest BCUT2D eigenvalue weighted by Gasteiger charge is -2.49. The zero-order valence-electron chi connectivity index (χ0n) is 9.83. The summed E-state index contributed by atoms with van der Waals surface area (Å²) in [5.74, 6) is -4.24. The van der Waals surface area contributed by atoms with Crippen molar-refractivity contribution in [2.45, 2.75) is 43.2 Å². The third-order valence-electron chi connectivity index (χ3n) is 3.56. The molecule has 0 aromatic rings. The second-order valence-electron chi connectivity index (χ2n) is 4.69. The highest BCUT2D eigenvalue weighted by atomic mass is 16.7. The Morgan fingerprint density at radius 1 is 1.32 bits per heavy atom. The van der Waals surface area contributed by atoms with Gasteiger partial charge in [0.1, 0.15) is 18.1 Å². The molecule has 9 nitrogen and oxygen atoms in total. The van der Waals surface area contributed by atoms with Gasteiger partial charge in [0.25, 0.3) is 0 Å². The van der Waals surface area contributed by atoms with Crippen molar-refractivity contribution in [1.82, 2.24) is 0 Å². The summed E-state index contributed by atoms with van der Waals surface area (Å²) in [6.45, 7) is 1.19. The van der Waals surface area contributed by atoms with Crippen LogP contribution in [0.15, 0.2) is 0 Å². The fourth-order valence-corrected chi connectivity index (χ4v) is 2.40. The summed E-state index contributed by atoms with van der Waals surface area (Å²) in [5.41, 5.74) is -2.13. The van der Waals surface area contributed by atoms with E-state index in [1.54, 1.807) is 0 Å². The minimum atomic E-state index is -2.13. The van der Waals surface area contributed by atoms with E-state index in [2.05, 4.69) is 0 Å². The van der Waals surface area contributed by atoms with Crippen LogP contribution in [0.4, 0.5) is 0 Å². The molecule has 9 heteroatoms. The molecule has 5 N–H and O–H groups in total. The minimum absolute atomic E-state index is 1.19. The van der Waals surface area contributed by atoms with Gasteiger partial charge in [-0.15, -0.1) is 0 Å². The van der Waals surface area contributed by atoms with Gasteiger partial charge in [-0.1, -0.05) is 0 Å². The van der Waals surface area contributed by atoms with Crippen LogP contribution in [0, 0.1) is 5.92 Å². The number of fused-ring (bicyclic) bond motifs is 1. The van der Waals surface area contributed by atoms with E-state index in [0.29, 0.717) is 0 Å². The van der Waals surface area contributed by atoms with Crippen molar-refractivity contribution in [3.05, 3.63) is 0 Å². The number of aliphatic carboxylic acids is 2. The highest BCUT2D eigenvalue weighted by Gasteiger charge is 2.74. The Kier molecular flexibility index (Phi) is 3.27. The minimum Gasteiger partial charge on any atom is -0.481 e. The molecule has 0 spiro atoms. The summed E-state index contributed by atoms with van der Waals surface area (Å²) in [7, 11) is 0. The van der Waals surface area contributed by atoms with Crippen LogP contribution in [-0.2, 0) is 19.1 Å². The van der Waals surface area contributed by atoms with Crippen LogP contribution < -0.4 is 0 Å². The average molecular weight is 278 g/mol. The smallest absolute Gasteiger partial charge is 0.332 e. The number of aliphatic hydroxyl groups is 3. The molecule has 7 atom stereocenters. The van der Waals surface area contributed by atoms with E-state index in [1.807, 2.05) is 0 Å². The third kappa shape index (κ3) is 1.82. The predicted molar refractivity (Wildman–Crippen MR) is 54.9 cm³/mol. The molecule has 0 amide bonds. The van der Waals surface area contributed by atoms with Gasteiger partial charge in [-0.2, -0.15) is 0 Å². The van der Waals surface area contributed by atoms with Crippen LogP contribution in [0.25, 0.3) is 0 Å². The fraction of sp³-hybridized carbons (Fsp3) is 0.800. The zero-order valence-corrected chi connectivity index (χ0v) is 9.83. The maximum atomic E-state index is 10.9. The van der Waals surface area contributed by atoms with Gasteiger partial charge in [-0.25, -0.2) is 4.79 Å². The predicted octanol–water partition coefficient (Wildman–Crippen LogP) is -2.63. The molecule has 108 valence electrons. The van der Waals surface area contributed by atoms with Crippen LogP contribution in [0.2, 0.25) is 0 Å². The molecule has 19 heavy (non-hydrogen) atoms. The third-order valence-corrected chi connectivity index (χ3v) is 3.56. The second-order valence-corrected chi connectivity index (χ2v) is 4.69. The van der Waals surface area contributed by atoms with E-state index in [4.69, 9.17) is 19.7 Å². The number of carboxylic acids is 2. The quantitative estimate of drug-likeness (QED) is 0.371. The number of ether oxygens (including phenoxy) is 2. The fourth-order valence-electron chi connectivity index (χ4n) is 2.40. The number of rotatable bonds is 4. The Hall–Kier alpha value is -1.26. The van der Waals surface area contributed by atoms with E-state index in [9.17, 15) is 24.9 Å². The summed E-state index contributed by atoms with van der Waals surface area (Å²) in [6, 6.07) is 0. The molecule has 2 rings (SSSR count). The standard InChI is InChI=1S/C10H14O9/c1-2(7(13)14)18-9-10(17)5(12)4(11)3(8(15)16)6(10)19-9/h2-6,9,11-12,17H,1H3,(H,13,14)(H,15,16)/t2?,3?,4-,5?,6?,9-,10?/m0/s1. The largest absolute Gasteiger partial charge is 0.481 e. The van der Waals surface area contributed by atoms with Gasteiger partial charge >= 0.3 is 11.9 Å². The maximum absolute atomic E-state index is 10.9. The number of hydrogen-bond acceptors (Lipinski definition) is 7. The second kappa shape index (κ2) is 4.39. The van der Waals surface area contributed by atoms with Crippen molar-refractivity contribution in [3.63, 3.8) is 0 Å². The van der Waals surface area contributed by atoms with Gasteiger partial charge in [0.2, 0.25) is 0 Å². The van der Waals surface area contributed by atoms with Crippen LogP contribution >= 0.6 is 0 Å². The molecule has 5 unspecified atom stereocenters. The van der Waals surface area contributed by atoms with Gasteiger partial charge in [-0.05, 0) is 6.92 Å². The van der Waals surface area contributed by atoms with Crippen LogP contribution in [0.3, 0.4) is 0 Å². The van der Waals surface area contributed by atoms with Crippen molar-refractivity contribution >= 4 is 11.9 Å². The summed E-state index contributed by atoms with van der Waals surface area (Å²) in [6.07, 6.45) is -7.68. The van der Waals surface area contributed by atoms with Crippen molar-refractivity contribution < 1.29 is 44.6 Å². The normalized spacial score (nSPS) is 46.2. The van der Waals surface area contributed by atoms with Gasteiger partial charge in [-0.3, -0.25) is 4.79 Å². The van der Waals surface area contributed by atoms with Crippen LogP contribution in [-0.4, -0.2) is 73.8 Å². The van der Waals surface area contributed by atoms with Crippen molar-refractivity contribution in [1.29, 1.82) is 0 Å². The summed E-state index contributed by atoms with van der Waals surface area (Å²) in [4.78, 5) is 21.6. The Labute approximate surface area is 107 Å². The average Bonchev–Trinajstić information content (AvgIpc) is 2.47. The maximum Gasteiger partial charge on any atom is 0.332 e. The zero-order chi connectivity index (χ0) is 14.5.